The molecule has 0 unspecified atom stereocenters. The van der Waals surface area contributed by atoms with E-state index >= 15 is 0 Å². The average molecular weight is 349 g/mol. The van der Waals surface area contributed by atoms with Gasteiger partial charge in [0.1, 0.15) is 0 Å². The van der Waals surface area contributed by atoms with Gasteiger partial charge in [0.05, 0.1) is 0 Å². The van der Waals surface area contributed by atoms with Gasteiger partial charge in [0, 0.05) is 12.0 Å². The monoisotopic (exact) mass is 348 g/mol. The zero-order valence-corrected chi connectivity index (χ0v) is 18.2. The summed E-state index contributed by atoms with van der Waals surface area (Å²) in [5.41, 5.74) is 0.893. The summed E-state index contributed by atoms with van der Waals surface area (Å²) in [4.78, 5) is 12.5. The smallest absolute Gasteiger partial charge is 1.00 e. The van der Waals surface area contributed by atoms with E-state index in [9.17, 15) is 4.79 Å². The van der Waals surface area contributed by atoms with Crippen LogP contribution in [0.4, 0.5) is 0 Å². The van der Waals surface area contributed by atoms with Crippen LogP contribution < -0.4 is 29.6 Å². The summed E-state index contributed by atoms with van der Waals surface area (Å²) >= 11 is 0. The molecule has 0 spiro atoms. The van der Waals surface area contributed by atoms with Gasteiger partial charge >= 0.3 is 29.6 Å². The molecule has 132 valence electrons. The zero-order chi connectivity index (χ0) is 17.0. The summed E-state index contributed by atoms with van der Waals surface area (Å²) < 4.78 is 0. The predicted octanol–water partition coefficient (Wildman–Crippen LogP) is 4.45. The molecule has 0 amide bonds. The van der Waals surface area contributed by atoms with E-state index in [-0.39, 0.29) is 31.0 Å². The molecular formula is C23H33NaO. The third kappa shape index (κ3) is 8.07. The van der Waals surface area contributed by atoms with E-state index in [1.807, 2.05) is 24.3 Å². The van der Waals surface area contributed by atoms with E-state index in [1.165, 1.54) is 57.8 Å². The number of ketones is 1. The molecule has 1 nitrogen and oxygen atoms in total. The zero-order valence-electron chi connectivity index (χ0n) is 17.2. The van der Waals surface area contributed by atoms with Crippen LogP contribution in [0.5, 0.6) is 0 Å². The van der Waals surface area contributed by atoms with Gasteiger partial charge in [-0.3, -0.25) is 4.79 Å². The topological polar surface area (TPSA) is 17.1 Å². The molecule has 0 aliphatic carbocycles. The normalized spacial score (nSPS) is 10.6. The Kier molecular flexibility index (Phi) is 12.2. The second-order valence-corrected chi connectivity index (χ2v) is 6.88. The van der Waals surface area contributed by atoms with Crippen LogP contribution in [0.2, 0.25) is 0 Å². The van der Waals surface area contributed by atoms with Crippen LogP contribution in [0.15, 0.2) is 42.5 Å². The number of carbonyl (C=O) groups is 1. The van der Waals surface area contributed by atoms with Crippen LogP contribution in [-0.2, 0) is 0 Å². The molecule has 0 saturated carbocycles. The van der Waals surface area contributed by atoms with Crippen molar-refractivity contribution in [2.45, 2.75) is 77.6 Å². The minimum atomic E-state index is 0. The van der Waals surface area contributed by atoms with E-state index in [0.29, 0.717) is 12.2 Å². The van der Waals surface area contributed by atoms with Crippen LogP contribution >= 0.6 is 0 Å². The van der Waals surface area contributed by atoms with Gasteiger partial charge < -0.3 is 1.43 Å². The van der Waals surface area contributed by atoms with Crippen LogP contribution in [-0.4, -0.2) is 5.78 Å². The average Bonchev–Trinajstić information content (AvgIpc) is 2.62. The maximum absolute atomic E-state index is 12.5. The number of benzene rings is 2. The summed E-state index contributed by atoms with van der Waals surface area (Å²) in [6.45, 7) is 2.26. The fourth-order valence-corrected chi connectivity index (χ4v) is 3.38. The SMILES string of the molecule is CCCCCCCCCCCCC(=O)c1cccc2ccccc12.[H-].[Na+]. The van der Waals surface area contributed by atoms with Crippen molar-refractivity contribution in [2.24, 2.45) is 0 Å². The number of hydrogen-bond donors (Lipinski definition) is 0. The van der Waals surface area contributed by atoms with E-state index in [4.69, 9.17) is 0 Å². The second kappa shape index (κ2) is 13.6. The first kappa shape index (κ1) is 22.4. The molecule has 0 N–H and O–H groups in total. The van der Waals surface area contributed by atoms with Crippen LogP contribution in [0, 0.1) is 0 Å². The number of unbranched alkanes of at least 4 members (excludes halogenated alkanes) is 9. The first-order valence-electron chi connectivity index (χ1n) is 9.84. The molecular weight excluding hydrogens is 315 g/mol. The van der Waals surface area contributed by atoms with Gasteiger partial charge in [-0.1, -0.05) is 107 Å². The molecule has 0 bridgehead atoms. The standard InChI is InChI=1S/C23H32O.Na.H/c1-2-3-4-5-6-7-8-9-10-11-19-23(24)22-18-14-16-20-15-12-13-17-21(20)22;;/h12-18H,2-11,19H2,1H3;;/q;+1;-1. The maximum Gasteiger partial charge on any atom is 1.00 e. The summed E-state index contributed by atoms with van der Waals surface area (Å²) in [5.74, 6) is 0.298. The van der Waals surface area contributed by atoms with Gasteiger partial charge in [0.2, 0.25) is 0 Å². The quantitative estimate of drug-likeness (QED) is 0.315. The Morgan fingerprint density at radius 3 is 2.00 bits per heavy atom. The summed E-state index contributed by atoms with van der Waals surface area (Å²) in [5, 5.41) is 2.25. The van der Waals surface area contributed by atoms with Gasteiger partial charge in [-0.2, -0.15) is 0 Å². The number of hydrogen-bond acceptors (Lipinski definition) is 1. The van der Waals surface area contributed by atoms with Crippen molar-refractivity contribution >= 4 is 16.6 Å². The van der Waals surface area contributed by atoms with E-state index in [1.54, 1.807) is 0 Å². The minimum Gasteiger partial charge on any atom is -1.00 e. The first-order valence-corrected chi connectivity index (χ1v) is 9.84. The Hall–Kier alpha value is -0.630. The molecule has 25 heavy (non-hydrogen) atoms. The molecule has 0 fully saturated rings. The van der Waals surface area contributed by atoms with Crippen molar-refractivity contribution in [3.8, 4) is 0 Å². The number of Topliss-reactive ketones (excluding diaryl/α,β-unsaturated/α-hetero) is 1. The Morgan fingerprint density at radius 2 is 1.32 bits per heavy atom. The molecule has 2 heteroatoms. The summed E-state index contributed by atoms with van der Waals surface area (Å²) in [6, 6.07) is 14.2. The number of fused-ring (bicyclic) bond motifs is 1. The molecule has 2 aromatic rings. The molecule has 0 saturated heterocycles. The van der Waals surface area contributed by atoms with Crippen molar-refractivity contribution < 1.29 is 35.8 Å². The fourth-order valence-electron chi connectivity index (χ4n) is 3.38. The van der Waals surface area contributed by atoms with E-state index < -0.39 is 0 Å². The molecule has 2 aromatic carbocycles. The Bertz CT molecular complexity index is 621. The maximum atomic E-state index is 12.5. The third-order valence-corrected chi connectivity index (χ3v) is 4.85. The molecule has 0 heterocycles. The Balaban J connectivity index is 0.00000312. The Morgan fingerprint density at radius 1 is 0.760 bits per heavy atom. The molecule has 0 aromatic heterocycles. The first-order chi connectivity index (χ1) is 11.8. The summed E-state index contributed by atoms with van der Waals surface area (Å²) in [7, 11) is 0. The van der Waals surface area contributed by atoms with Gasteiger partial charge in [-0.15, -0.1) is 0 Å². The number of carbonyl (C=O) groups excluding carboxylic acids is 1. The molecule has 0 radical (unpaired) electrons. The van der Waals surface area contributed by atoms with Crippen molar-refractivity contribution in [1.82, 2.24) is 0 Å². The van der Waals surface area contributed by atoms with Crippen molar-refractivity contribution in [3.05, 3.63) is 48.0 Å². The van der Waals surface area contributed by atoms with Gasteiger partial charge in [-0.25, -0.2) is 0 Å². The minimum absolute atomic E-state index is 0. The van der Waals surface area contributed by atoms with Crippen LogP contribution in [0.1, 0.15) is 89.3 Å². The van der Waals surface area contributed by atoms with E-state index in [0.717, 1.165) is 22.8 Å². The van der Waals surface area contributed by atoms with Crippen molar-refractivity contribution in [2.75, 3.05) is 0 Å². The largest absolute Gasteiger partial charge is 1.00 e. The van der Waals surface area contributed by atoms with Crippen LogP contribution in [0.25, 0.3) is 10.8 Å². The van der Waals surface area contributed by atoms with Crippen molar-refractivity contribution in [3.63, 3.8) is 0 Å². The summed E-state index contributed by atoms with van der Waals surface area (Å²) in [6.07, 6.45) is 13.7. The molecule has 0 aliphatic heterocycles. The predicted molar refractivity (Wildman–Crippen MR) is 106 cm³/mol. The van der Waals surface area contributed by atoms with Gasteiger partial charge in [0.25, 0.3) is 0 Å². The second-order valence-electron chi connectivity index (χ2n) is 6.88. The Labute approximate surface area is 177 Å². The van der Waals surface area contributed by atoms with E-state index in [2.05, 4.69) is 25.1 Å². The molecule has 2 rings (SSSR count). The number of rotatable bonds is 12. The molecule has 0 aliphatic rings. The van der Waals surface area contributed by atoms with Crippen molar-refractivity contribution in [1.29, 1.82) is 0 Å². The van der Waals surface area contributed by atoms with Crippen LogP contribution in [0.3, 0.4) is 0 Å². The van der Waals surface area contributed by atoms with Gasteiger partial charge in [-0.05, 0) is 17.2 Å². The third-order valence-electron chi connectivity index (χ3n) is 4.85. The van der Waals surface area contributed by atoms with Gasteiger partial charge in [0.15, 0.2) is 5.78 Å². The molecule has 0 atom stereocenters. The fraction of sp³-hybridized carbons (Fsp3) is 0.522.